The third-order valence-electron chi connectivity index (χ3n) is 4.54. The number of esters is 1. The molecule has 0 spiro atoms. The van der Waals surface area contributed by atoms with Gasteiger partial charge in [0.25, 0.3) is 0 Å². The van der Waals surface area contributed by atoms with Crippen molar-refractivity contribution < 1.29 is 9.53 Å². The average Bonchev–Trinajstić information content (AvgIpc) is 3.06. The van der Waals surface area contributed by atoms with Crippen LogP contribution in [0.4, 0.5) is 0 Å². The van der Waals surface area contributed by atoms with Crippen LogP contribution in [-0.4, -0.2) is 26.9 Å². The number of pyridine rings is 2. The van der Waals surface area contributed by atoms with Gasteiger partial charge in [0.2, 0.25) is 0 Å². The third kappa shape index (κ3) is 2.07. The zero-order valence-corrected chi connectivity index (χ0v) is 14.1. The number of ether oxygens (including phenoxy) is 1. The fourth-order valence-corrected chi connectivity index (χ4v) is 3.41. The first-order chi connectivity index (χ1) is 12.8. The van der Waals surface area contributed by atoms with Crippen molar-refractivity contribution >= 4 is 44.6 Å². The molecule has 0 fully saturated rings. The zero-order chi connectivity index (χ0) is 17.7. The summed E-state index contributed by atoms with van der Waals surface area (Å²) in [6.07, 6.45) is 0. The number of para-hydroxylation sites is 3. The van der Waals surface area contributed by atoms with Gasteiger partial charge >= 0.3 is 5.97 Å². The first kappa shape index (κ1) is 14.8. The number of benzene rings is 2. The van der Waals surface area contributed by atoms with E-state index in [1.54, 1.807) is 6.92 Å². The maximum absolute atomic E-state index is 12.5. The second-order valence-corrected chi connectivity index (χ2v) is 6.13. The van der Waals surface area contributed by atoms with Gasteiger partial charge in [0, 0.05) is 10.8 Å². The number of imidazole rings is 1. The van der Waals surface area contributed by atoms with E-state index in [1.165, 1.54) is 0 Å². The van der Waals surface area contributed by atoms with Crippen LogP contribution in [0.2, 0.25) is 0 Å². The van der Waals surface area contributed by atoms with E-state index < -0.39 is 0 Å². The van der Waals surface area contributed by atoms with E-state index in [9.17, 15) is 4.79 Å². The van der Waals surface area contributed by atoms with Crippen LogP contribution in [0.3, 0.4) is 0 Å². The quantitative estimate of drug-likeness (QED) is 0.353. The Morgan fingerprint density at radius 3 is 2.50 bits per heavy atom. The van der Waals surface area contributed by atoms with Gasteiger partial charge in [-0.2, -0.15) is 0 Å². The topological polar surface area (TPSA) is 56.5 Å². The molecule has 0 amide bonds. The standard InChI is InChI=1S/C21H15N3O2/c1-2-26-21(25)15-12-14-11-13-7-3-4-8-16(13)22-19(14)24-18-10-6-5-9-17(18)23-20(15)24/h3-12H,2H2,1H3. The maximum atomic E-state index is 12.5. The Hall–Kier alpha value is -3.47. The maximum Gasteiger partial charge on any atom is 0.341 e. The van der Waals surface area contributed by atoms with Crippen molar-refractivity contribution in [3.05, 3.63) is 66.2 Å². The van der Waals surface area contributed by atoms with Crippen LogP contribution in [0.25, 0.3) is 38.6 Å². The highest BCUT2D eigenvalue weighted by molar-refractivity contribution is 6.04. The molecule has 0 aliphatic rings. The lowest BCUT2D eigenvalue weighted by atomic mass is 10.1. The molecule has 0 unspecified atom stereocenters. The smallest absolute Gasteiger partial charge is 0.341 e. The molecule has 26 heavy (non-hydrogen) atoms. The monoisotopic (exact) mass is 341 g/mol. The van der Waals surface area contributed by atoms with E-state index in [0.717, 1.165) is 33.0 Å². The van der Waals surface area contributed by atoms with Crippen LogP contribution in [0.5, 0.6) is 0 Å². The van der Waals surface area contributed by atoms with Crippen LogP contribution < -0.4 is 0 Å². The molecule has 0 aliphatic carbocycles. The largest absolute Gasteiger partial charge is 0.462 e. The fraction of sp³-hybridized carbons (Fsp3) is 0.0952. The highest BCUT2D eigenvalue weighted by atomic mass is 16.5. The summed E-state index contributed by atoms with van der Waals surface area (Å²) in [4.78, 5) is 22.1. The van der Waals surface area contributed by atoms with Crippen LogP contribution in [-0.2, 0) is 4.74 Å². The van der Waals surface area contributed by atoms with Crippen molar-refractivity contribution in [1.82, 2.24) is 14.4 Å². The van der Waals surface area contributed by atoms with Crippen molar-refractivity contribution in [2.24, 2.45) is 0 Å². The molecule has 5 rings (SSSR count). The van der Waals surface area contributed by atoms with E-state index in [0.29, 0.717) is 17.8 Å². The minimum Gasteiger partial charge on any atom is -0.462 e. The van der Waals surface area contributed by atoms with Crippen LogP contribution in [0.1, 0.15) is 17.3 Å². The summed E-state index contributed by atoms with van der Waals surface area (Å²) in [5.74, 6) is -0.372. The SMILES string of the molecule is CCOC(=O)c1cc2cc3ccccc3nc2n2c1nc1ccccc12. The van der Waals surface area contributed by atoms with Gasteiger partial charge in [-0.25, -0.2) is 14.8 Å². The predicted molar refractivity (Wildman–Crippen MR) is 101 cm³/mol. The molecule has 0 N–H and O–H groups in total. The van der Waals surface area contributed by atoms with E-state index in [1.807, 2.05) is 59.0 Å². The number of hydrogen-bond acceptors (Lipinski definition) is 4. The van der Waals surface area contributed by atoms with Crippen molar-refractivity contribution in [1.29, 1.82) is 0 Å². The van der Waals surface area contributed by atoms with Crippen molar-refractivity contribution in [2.75, 3.05) is 6.61 Å². The first-order valence-electron chi connectivity index (χ1n) is 8.53. The number of rotatable bonds is 2. The lowest BCUT2D eigenvalue weighted by Crippen LogP contribution is -2.08. The molecule has 5 aromatic rings. The Morgan fingerprint density at radius 2 is 1.65 bits per heavy atom. The highest BCUT2D eigenvalue weighted by Crippen LogP contribution is 2.28. The van der Waals surface area contributed by atoms with E-state index in [-0.39, 0.29) is 5.97 Å². The van der Waals surface area contributed by atoms with Gasteiger partial charge in [0.15, 0.2) is 5.65 Å². The van der Waals surface area contributed by atoms with Gasteiger partial charge in [0.1, 0.15) is 11.2 Å². The zero-order valence-electron chi connectivity index (χ0n) is 14.1. The minimum atomic E-state index is -0.372. The van der Waals surface area contributed by atoms with Crippen LogP contribution in [0.15, 0.2) is 60.7 Å². The molecule has 0 saturated carbocycles. The number of fused-ring (bicyclic) bond motifs is 6. The van der Waals surface area contributed by atoms with Crippen molar-refractivity contribution in [2.45, 2.75) is 6.92 Å². The van der Waals surface area contributed by atoms with Gasteiger partial charge in [-0.3, -0.25) is 4.40 Å². The third-order valence-corrected chi connectivity index (χ3v) is 4.54. The van der Waals surface area contributed by atoms with E-state index in [2.05, 4.69) is 11.1 Å². The Morgan fingerprint density at radius 1 is 0.923 bits per heavy atom. The molecule has 126 valence electrons. The predicted octanol–water partition coefficient (Wildman–Crippen LogP) is 4.37. The van der Waals surface area contributed by atoms with Gasteiger partial charge in [-0.15, -0.1) is 0 Å². The number of aromatic nitrogens is 3. The number of hydrogen-bond donors (Lipinski definition) is 0. The average molecular weight is 341 g/mol. The van der Waals surface area contributed by atoms with Gasteiger partial charge in [0.05, 0.1) is 23.2 Å². The number of nitrogens with zero attached hydrogens (tertiary/aromatic N) is 3. The molecular formula is C21H15N3O2. The summed E-state index contributed by atoms with van der Waals surface area (Å²) in [6.45, 7) is 2.12. The molecule has 2 aromatic carbocycles. The van der Waals surface area contributed by atoms with Crippen molar-refractivity contribution in [3.8, 4) is 0 Å². The molecule has 0 bridgehead atoms. The molecule has 0 atom stereocenters. The summed E-state index contributed by atoms with van der Waals surface area (Å²) >= 11 is 0. The lowest BCUT2D eigenvalue weighted by molar-refractivity contribution is 0.0528. The van der Waals surface area contributed by atoms with Crippen LogP contribution >= 0.6 is 0 Å². The number of carbonyl (C=O) groups is 1. The minimum absolute atomic E-state index is 0.319. The molecule has 0 saturated heterocycles. The Balaban J connectivity index is 2.01. The normalized spacial score (nSPS) is 11.6. The summed E-state index contributed by atoms with van der Waals surface area (Å²) in [6, 6.07) is 19.6. The highest BCUT2D eigenvalue weighted by Gasteiger charge is 2.19. The molecule has 3 aromatic heterocycles. The Labute approximate surface area is 148 Å². The summed E-state index contributed by atoms with van der Waals surface area (Å²) < 4.78 is 7.20. The molecular weight excluding hydrogens is 326 g/mol. The second-order valence-electron chi connectivity index (χ2n) is 6.13. The van der Waals surface area contributed by atoms with Crippen LogP contribution in [0, 0.1) is 0 Å². The first-order valence-corrected chi connectivity index (χ1v) is 8.53. The summed E-state index contributed by atoms with van der Waals surface area (Å²) in [5.41, 5.74) is 4.44. The lowest BCUT2D eigenvalue weighted by Gasteiger charge is -2.09. The van der Waals surface area contributed by atoms with E-state index in [4.69, 9.17) is 9.72 Å². The summed E-state index contributed by atoms with van der Waals surface area (Å²) in [5, 5.41) is 1.90. The molecule has 3 heterocycles. The second kappa shape index (κ2) is 5.52. The van der Waals surface area contributed by atoms with Gasteiger partial charge in [-0.1, -0.05) is 30.3 Å². The van der Waals surface area contributed by atoms with Gasteiger partial charge in [-0.05, 0) is 37.3 Å². The Bertz CT molecular complexity index is 1320. The van der Waals surface area contributed by atoms with E-state index >= 15 is 0 Å². The molecule has 5 nitrogen and oxygen atoms in total. The molecule has 0 radical (unpaired) electrons. The molecule has 5 heteroatoms. The number of carbonyl (C=O) groups excluding carboxylic acids is 1. The fourth-order valence-electron chi connectivity index (χ4n) is 3.41. The summed E-state index contributed by atoms with van der Waals surface area (Å²) in [7, 11) is 0. The Kier molecular flexibility index (Phi) is 3.15. The van der Waals surface area contributed by atoms with Crippen molar-refractivity contribution in [3.63, 3.8) is 0 Å². The molecule has 0 aliphatic heterocycles. The van der Waals surface area contributed by atoms with Gasteiger partial charge < -0.3 is 4.74 Å².